The quantitative estimate of drug-likeness (QED) is 0.635. The third-order valence-electron chi connectivity index (χ3n) is 5.14. The Hall–Kier alpha value is -1.63. The fourth-order valence-corrected chi connectivity index (χ4v) is 4.84. The Labute approximate surface area is 162 Å². The van der Waals surface area contributed by atoms with Crippen LogP contribution in [0.5, 0.6) is 0 Å². The second-order valence-corrected chi connectivity index (χ2v) is 9.60. The van der Waals surface area contributed by atoms with E-state index < -0.39 is 27.3 Å². The van der Waals surface area contributed by atoms with Crippen molar-refractivity contribution in [3.63, 3.8) is 0 Å². The molecule has 1 saturated carbocycles. The van der Waals surface area contributed by atoms with Crippen LogP contribution in [-0.2, 0) is 14.6 Å². The van der Waals surface area contributed by atoms with Gasteiger partial charge in [-0.15, -0.1) is 0 Å². The Balaban J connectivity index is 1.95. The predicted molar refractivity (Wildman–Crippen MR) is 108 cm³/mol. The van der Waals surface area contributed by atoms with Gasteiger partial charge in [-0.1, -0.05) is 39.0 Å². The lowest BCUT2D eigenvalue weighted by Crippen LogP contribution is -2.33. The largest absolute Gasteiger partial charge is 0.369 e. The first-order chi connectivity index (χ1) is 12.8. The first-order valence-electron chi connectivity index (χ1n) is 9.85. The average Bonchev–Trinajstić information content (AvgIpc) is 2.61. The molecule has 1 aliphatic carbocycles. The van der Waals surface area contributed by atoms with E-state index in [1.807, 2.05) is 18.9 Å². The number of halogens is 1. The second-order valence-electron chi connectivity index (χ2n) is 7.42. The van der Waals surface area contributed by atoms with Crippen molar-refractivity contribution >= 4 is 27.1 Å². The number of nitrogens with zero attached hydrogens (tertiary/aromatic N) is 1. The molecule has 27 heavy (non-hydrogen) atoms. The van der Waals surface area contributed by atoms with Crippen LogP contribution in [0.1, 0.15) is 58.3 Å². The zero-order valence-electron chi connectivity index (χ0n) is 16.3. The summed E-state index contributed by atoms with van der Waals surface area (Å²) in [7, 11) is -1.54. The van der Waals surface area contributed by atoms with E-state index in [-0.39, 0.29) is 11.4 Å². The number of anilines is 2. The van der Waals surface area contributed by atoms with Crippen molar-refractivity contribution in [1.82, 2.24) is 0 Å². The first-order valence-corrected chi connectivity index (χ1v) is 11.7. The fourth-order valence-electron chi connectivity index (χ4n) is 3.58. The molecule has 5 nitrogen and oxygen atoms in total. The van der Waals surface area contributed by atoms with Gasteiger partial charge in [0, 0.05) is 18.8 Å². The summed E-state index contributed by atoms with van der Waals surface area (Å²) in [4.78, 5) is 14.0. The van der Waals surface area contributed by atoms with Crippen molar-refractivity contribution in [2.75, 3.05) is 28.8 Å². The van der Waals surface area contributed by atoms with Crippen LogP contribution in [0.25, 0.3) is 0 Å². The van der Waals surface area contributed by atoms with Gasteiger partial charge in [-0.25, -0.2) is 12.8 Å². The lowest BCUT2D eigenvalue weighted by atomic mass is 9.94. The number of sulfone groups is 1. The number of hydrogen-bond donors (Lipinski definition) is 1. The Kier molecular flexibility index (Phi) is 8.07. The van der Waals surface area contributed by atoms with Crippen LogP contribution in [0.15, 0.2) is 18.2 Å². The van der Waals surface area contributed by atoms with Gasteiger partial charge in [0.05, 0.1) is 11.4 Å². The molecule has 0 heterocycles. The summed E-state index contributed by atoms with van der Waals surface area (Å²) in [5, 5.41) is 2.50. The summed E-state index contributed by atoms with van der Waals surface area (Å²) < 4.78 is 38.4. The molecule has 152 valence electrons. The Morgan fingerprint density at radius 3 is 2.56 bits per heavy atom. The highest BCUT2D eigenvalue weighted by molar-refractivity contribution is 7.92. The van der Waals surface area contributed by atoms with Gasteiger partial charge in [-0.2, -0.15) is 0 Å². The molecule has 0 unspecified atom stereocenters. The average molecular weight is 399 g/mol. The van der Waals surface area contributed by atoms with Crippen molar-refractivity contribution in [2.24, 2.45) is 0 Å². The summed E-state index contributed by atoms with van der Waals surface area (Å²) in [5.41, 5.74) is 0.786. The Morgan fingerprint density at radius 1 is 1.22 bits per heavy atom. The molecule has 0 aliphatic heterocycles. The molecular weight excluding hydrogens is 367 g/mol. The van der Waals surface area contributed by atoms with Gasteiger partial charge in [-0.3, -0.25) is 4.79 Å². The molecule has 2 rings (SSSR count). The van der Waals surface area contributed by atoms with E-state index in [2.05, 4.69) is 5.32 Å². The zero-order valence-corrected chi connectivity index (χ0v) is 17.2. The fraction of sp³-hybridized carbons (Fsp3) is 0.650. The summed E-state index contributed by atoms with van der Waals surface area (Å²) in [6, 6.07) is 4.87. The number of rotatable bonds is 9. The molecule has 0 atom stereocenters. The maximum Gasteiger partial charge on any atom is 0.239 e. The molecule has 0 aromatic heterocycles. The van der Waals surface area contributed by atoms with E-state index in [0.29, 0.717) is 18.2 Å². The number of hydrogen-bond acceptors (Lipinski definition) is 4. The molecule has 1 amide bonds. The molecule has 1 fully saturated rings. The smallest absolute Gasteiger partial charge is 0.239 e. The minimum absolute atomic E-state index is 0.00768. The van der Waals surface area contributed by atoms with Crippen LogP contribution in [0.2, 0.25) is 0 Å². The summed E-state index contributed by atoms with van der Waals surface area (Å²) >= 11 is 0. The highest BCUT2D eigenvalue weighted by Crippen LogP contribution is 2.29. The monoisotopic (exact) mass is 398 g/mol. The molecule has 1 aromatic carbocycles. The van der Waals surface area contributed by atoms with Crippen LogP contribution < -0.4 is 10.2 Å². The van der Waals surface area contributed by atoms with Crippen molar-refractivity contribution in [3.05, 3.63) is 24.0 Å². The number of carbonyl (C=O) groups is 1. The van der Waals surface area contributed by atoms with E-state index in [4.69, 9.17) is 0 Å². The van der Waals surface area contributed by atoms with Gasteiger partial charge >= 0.3 is 0 Å². The number of amides is 1. The first kappa shape index (κ1) is 21.7. The standard InChI is InChI=1S/C20H31FN2O3S/c1-3-4-8-13-27(25,26)15-20(24)22-16-11-12-19(18(21)14-16)23(2)17-9-6-5-7-10-17/h11-12,14,17H,3-10,13,15H2,1-2H3,(H,22,24). The molecule has 1 aliphatic rings. The minimum Gasteiger partial charge on any atom is -0.369 e. The normalized spacial score (nSPS) is 15.5. The molecule has 1 aromatic rings. The number of carbonyl (C=O) groups excluding carboxylic acids is 1. The molecule has 7 heteroatoms. The van der Waals surface area contributed by atoms with Crippen molar-refractivity contribution < 1.29 is 17.6 Å². The van der Waals surface area contributed by atoms with Gasteiger partial charge < -0.3 is 10.2 Å². The van der Waals surface area contributed by atoms with E-state index in [1.54, 1.807) is 12.1 Å². The van der Waals surface area contributed by atoms with Gasteiger partial charge in [0.1, 0.15) is 11.6 Å². The molecule has 0 saturated heterocycles. The highest BCUT2D eigenvalue weighted by Gasteiger charge is 2.21. The maximum atomic E-state index is 14.5. The Bertz CT molecular complexity index is 731. The third kappa shape index (κ3) is 6.79. The summed E-state index contributed by atoms with van der Waals surface area (Å²) in [5.74, 6) is -1.60. The van der Waals surface area contributed by atoms with Gasteiger partial charge in [-0.05, 0) is 37.5 Å². The van der Waals surface area contributed by atoms with Crippen LogP contribution in [0.4, 0.5) is 15.8 Å². The lowest BCUT2D eigenvalue weighted by Gasteiger charge is -2.33. The van der Waals surface area contributed by atoms with Crippen LogP contribution in [0.3, 0.4) is 0 Å². The van der Waals surface area contributed by atoms with E-state index in [1.165, 1.54) is 12.5 Å². The van der Waals surface area contributed by atoms with Crippen molar-refractivity contribution in [1.29, 1.82) is 0 Å². The van der Waals surface area contributed by atoms with E-state index in [0.717, 1.165) is 38.5 Å². The third-order valence-corrected chi connectivity index (χ3v) is 6.76. The predicted octanol–water partition coefficient (Wildman–Crippen LogP) is 4.14. The van der Waals surface area contributed by atoms with Crippen LogP contribution in [0, 0.1) is 5.82 Å². The van der Waals surface area contributed by atoms with E-state index >= 15 is 0 Å². The Morgan fingerprint density at radius 2 is 1.93 bits per heavy atom. The number of nitrogens with one attached hydrogen (secondary N) is 1. The van der Waals surface area contributed by atoms with Gasteiger partial charge in [0.25, 0.3) is 0 Å². The topological polar surface area (TPSA) is 66.5 Å². The molecule has 1 N–H and O–H groups in total. The van der Waals surface area contributed by atoms with Gasteiger partial charge in [0.2, 0.25) is 5.91 Å². The molecule has 0 bridgehead atoms. The van der Waals surface area contributed by atoms with Crippen LogP contribution in [-0.4, -0.2) is 38.9 Å². The van der Waals surface area contributed by atoms with Gasteiger partial charge in [0.15, 0.2) is 9.84 Å². The summed E-state index contributed by atoms with van der Waals surface area (Å²) in [6.45, 7) is 1.99. The molecule has 0 spiro atoms. The number of benzene rings is 1. The zero-order chi connectivity index (χ0) is 19.9. The van der Waals surface area contributed by atoms with E-state index in [9.17, 15) is 17.6 Å². The highest BCUT2D eigenvalue weighted by atomic mass is 32.2. The van der Waals surface area contributed by atoms with Crippen LogP contribution >= 0.6 is 0 Å². The maximum absolute atomic E-state index is 14.5. The number of unbranched alkanes of at least 4 members (excludes halogenated alkanes) is 2. The van der Waals surface area contributed by atoms with Crippen molar-refractivity contribution in [2.45, 2.75) is 64.3 Å². The SMILES string of the molecule is CCCCCS(=O)(=O)CC(=O)Nc1ccc(N(C)C2CCCCC2)c(F)c1. The minimum atomic E-state index is -3.43. The lowest BCUT2D eigenvalue weighted by molar-refractivity contribution is -0.113. The molecule has 0 radical (unpaired) electrons. The second kappa shape index (κ2) is 10.1. The summed E-state index contributed by atoms with van der Waals surface area (Å²) in [6.07, 6.45) is 7.98. The molecular formula is C20H31FN2O3S. The van der Waals surface area contributed by atoms with Crippen molar-refractivity contribution in [3.8, 4) is 0 Å².